The Hall–Kier alpha value is -2.64. The van der Waals surface area contributed by atoms with E-state index < -0.39 is 11.9 Å². The first kappa shape index (κ1) is 22.1. The van der Waals surface area contributed by atoms with Crippen LogP contribution in [0.5, 0.6) is 0 Å². The number of benzene rings is 1. The molecule has 0 bridgehead atoms. The quantitative estimate of drug-likeness (QED) is 0.617. The molecule has 1 aromatic carbocycles. The first-order valence-corrected chi connectivity index (χ1v) is 10.5. The van der Waals surface area contributed by atoms with Crippen LogP contribution in [0.15, 0.2) is 47.1 Å². The first-order valence-electron chi connectivity index (χ1n) is 10.5. The summed E-state index contributed by atoms with van der Waals surface area (Å²) in [4.78, 5) is 27.2. The fourth-order valence-electron chi connectivity index (χ4n) is 3.55. The number of nitrogens with one attached hydrogen (secondary N) is 2. The van der Waals surface area contributed by atoms with Crippen molar-refractivity contribution in [2.75, 3.05) is 13.1 Å². The van der Waals surface area contributed by atoms with Gasteiger partial charge >= 0.3 is 0 Å². The lowest BCUT2D eigenvalue weighted by Gasteiger charge is -2.29. The number of carbonyl (C=O) groups excluding carboxylic acids is 2. The SMILES string of the molecule is CC(C)C(NC(=O)c1ccco1)C(=O)NCc1ccc(CN2CCC(O)CC2)cc1. The molecule has 3 rings (SSSR count). The number of hydrogen-bond donors (Lipinski definition) is 3. The van der Waals surface area contributed by atoms with Gasteiger partial charge in [-0.25, -0.2) is 0 Å². The van der Waals surface area contributed by atoms with Gasteiger partial charge in [0.15, 0.2) is 5.76 Å². The molecule has 2 heterocycles. The normalized spacial score (nSPS) is 16.4. The molecule has 2 aromatic rings. The summed E-state index contributed by atoms with van der Waals surface area (Å²) in [5.74, 6) is -0.495. The molecule has 162 valence electrons. The highest BCUT2D eigenvalue weighted by molar-refractivity contribution is 5.95. The molecule has 0 spiro atoms. The highest BCUT2D eigenvalue weighted by atomic mass is 16.3. The Balaban J connectivity index is 1.49. The van der Waals surface area contributed by atoms with Crippen molar-refractivity contribution >= 4 is 11.8 Å². The van der Waals surface area contributed by atoms with E-state index >= 15 is 0 Å². The molecular formula is C23H31N3O4. The van der Waals surface area contributed by atoms with Crippen LogP contribution in [-0.4, -0.2) is 47.1 Å². The summed E-state index contributed by atoms with van der Waals surface area (Å²) in [5.41, 5.74) is 2.22. The van der Waals surface area contributed by atoms with Gasteiger partial charge in [0.1, 0.15) is 6.04 Å². The Morgan fingerprint density at radius 1 is 1.13 bits per heavy atom. The minimum atomic E-state index is -0.642. The number of aliphatic hydroxyl groups excluding tert-OH is 1. The van der Waals surface area contributed by atoms with Gasteiger partial charge in [-0.1, -0.05) is 38.1 Å². The maximum Gasteiger partial charge on any atom is 0.287 e. The van der Waals surface area contributed by atoms with E-state index in [2.05, 4.69) is 27.7 Å². The highest BCUT2D eigenvalue weighted by Gasteiger charge is 2.25. The molecule has 1 aliphatic rings. The molecule has 7 heteroatoms. The Morgan fingerprint density at radius 3 is 2.40 bits per heavy atom. The van der Waals surface area contributed by atoms with E-state index in [4.69, 9.17) is 4.42 Å². The van der Waals surface area contributed by atoms with Crippen LogP contribution in [0.25, 0.3) is 0 Å². The molecule has 7 nitrogen and oxygen atoms in total. The average Bonchev–Trinajstić information content (AvgIpc) is 3.27. The summed E-state index contributed by atoms with van der Waals surface area (Å²) in [6.45, 7) is 6.88. The van der Waals surface area contributed by atoms with E-state index in [9.17, 15) is 14.7 Å². The number of rotatable bonds is 8. The summed E-state index contributed by atoms with van der Waals surface area (Å²) < 4.78 is 5.10. The van der Waals surface area contributed by atoms with Crippen molar-refractivity contribution in [2.24, 2.45) is 5.92 Å². The van der Waals surface area contributed by atoms with Crippen LogP contribution in [0.4, 0.5) is 0 Å². The molecule has 0 saturated carbocycles. The minimum Gasteiger partial charge on any atom is -0.459 e. The topological polar surface area (TPSA) is 94.8 Å². The van der Waals surface area contributed by atoms with Crippen molar-refractivity contribution in [1.29, 1.82) is 0 Å². The summed E-state index contributed by atoms with van der Waals surface area (Å²) in [6.07, 6.45) is 2.93. The van der Waals surface area contributed by atoms with Gasteiger partial charge in [-0.15, -0.1) is 0 Å². The standard InChI is InChI=1S/C23H31N3O4/c1-16(2)21(25-22(28)20-4-3-13-30-20)23(29)24-14-17-5-7-18(8-6-17)15-26-11-9-19(27)10-12-26/h3-8,13,16,19,21,27H,9-12,14-15H2,1-2H3,(H,24,29)(H,25,28). The van der Waals surface area contributed by atoms with Gasteiger partial charge in [0, 0.05) is 26.2 Å². The largest absolute Gasteiger partial charge is 0.459 e. The second kappa shape index (κ2) is 10.4. The molecule has 3 N–H and O–H groups in total. The van der Waals surface area contributed by atoms with E-state index in [0.29, 0.717) is 6.54 Å². The number of piperidine rings is 1. The minimum absolute atomic E-state index is 0.0608. The van der Waals surface area contributed by atoms with E-state index in [1.807, 2.05) is 26.0 Å². The lowest BCUT2D eigenvalue weighted by molar-refractivity contribution is -0.124. The van der Waals surface area contributed by atoms with Crippen molar-refractivity contribution in [3.05, 3.63) is 59.5 Å². The van der Waals surface area contributed by atoms with Gasteiger partial charge in [0.25, 0.3) is 5.91 Å². The van der Waals surface area contributed by atoms with Crippen LogP contribution in [-0.2, 0) is 17.9 Å². The summed E-state index contributed by atoms with van der Waals surface area (Å²) in [5, 5.41) is 15.3. The van der Waals surface area contributed by atoms with Crippen molar-refractivity contribution < 1.29 is 19.1 Å². The second-order valence-corrected chi connectivity index (χ2v) is 8.21. The Morgan fingerprint density at radius 2 is 1.80 bits per heavy atom. The van der Waals surface area contributed by atoms with Crippen molar-refractivity contribution in [2.45, 2.75) is 51.9 Å². The molecule has 1 aromatic heterocycles. The average molecular weight is 414 g/mol. The van der Waals surface area contributed by atoms with Crippen LogP contribution >= 0.6 is 0 Å². The number of likely N-dealkylation sites (tertiary alicyclic amines) is 1. The molecular weight excluding hydrogens is 382 g/mol. The summed E-state index contributed by atoms with van der Waals surface area (Å²) in [6, 6.07) is 10.7. The molecule has 1 atom stereocenters. The van der Waals surface area contributed by atoms with Crippen LogP contribution in [0.2, 0.25) is 0 Å². The van der Waals surface area contributed by atoms with Crippen molar-refractivity contribution in [1.82, 2.24) is 15.5 Å². The van der Waals surface area contributed by atoms with Gasteiger partial charge in [-0.05, 0) is 42.0 Å². The maximum absolute atomic E-state index is 12.6. The van der Waals surface area contributed by atoms with Crippen molar-refractivity contribution in [3.63, 3.8) is 0 Å². The van der Waals surface area contributed by atoms with E-state index in [-0.39, 0.29) is 23.7 Å². The van der Waals surface area contributed by atoms with Gasteiger partial charge in [0.2, 0.25) is 5.91 Å². The zero-order valence-corrected chi connectivity index (χ0v) is 17.6. The van der Waals surface area contributed by atoms with Gasteiger partial charge in [0.05, 0.1) is 12.4 Å². The maximum atomic E-state index is 12.6. The van der Waals surface area contributed by atoms with Crippen molar-refractivity contribution in [3.8, 4) is 0 Å². The molecule has 1 unspecified atom stereocenters. The Labute approximate surface area is 177 Å². The van der Waals surface area contributed by atoms with Crippen LogP contribution in [0, 0.1) is 5.92 Å². The van der Waals surface area contributed by atoms with Gasteiger partial charge in [-0.2, -0.15) is 0 Å². The number of furan rings is 1. The predicted molar refractivity (Wildman–Crippen MR) is 114 cm³/mol. The Kier molecular flexibility index (Phi) is 7.65. The number of nitrogens with zero attached hydrogens (tertiary/aromatic N) is 1. The number of hydrogen-bond acceptors (Lipinski definition) is 5. The summed E-state index contributed by atoms with van der Waals surface area (Å²) in [7, 11) is 0. The molecule has 0 radical (unpaired) electrons. The van der Waals surface area contributed by atoms with E-state index in [1.165, 1.54) is 11.8 Å². The van der Waals surface area contributed by atoms with Gasteiger partial charge < -0.3 is 20.2 Å². The van der Waals surface area contributed by atoms with E-state index in [0.717, 1.165) is 38.0 Å². The third kappa shape index (κ3) is 6.18. The molecule has 2 amide bonds. The number of aliphatic hydroxyl groups is 1. The fraction of sp³-hybridized carbons (Fsp3) is 0.478. The predicted octanol–water partition coefficient (Wildman–Crippen LogP) is 2.31. The van der Waals surface area contributed by atoms with E-state index in [1.54, 1.807) is 12.1 Å². The molecule has 1 fully saturated rings. The molecule has 1 saturated heterocycles. The Bertz CT molecular complexity index is 809. The molecule has 0 aliphatic carbocycles. The fourth-order valence-corrected chi connectivity index (χ4v) is 3.55. The van der Waals surface area contributed by atoms with Gasteiger partial charge in [-0.3, -0.25) is 14.5 Å². The second-order valence-electron chi connectivity index (χ2n) is 8.21. The molecule has 30 heavy (non-hydrogen) atoms. The highest BCUT2D eigenvalue weighted by Crippen LogP contribution is 2.14. The third-order valence-corrected chi connectivity index (χ3v) is 5.43. The lowest BCUT2D eigenvalue weighted by Crippen LogP contribution is -2.49. The molecule has 1 aliphatic heterocycles. The number of carbonyl (C=O) groups is 2. The third-order valence-electron chi connectivity index (χ3n) is 5.43. The summed E-state index contributed by atoms with van der Waals surface area (Å²) >= 11 is 0. The van der Waals surface area contributed by atoms with Crippen LogP contribution in [0.3, 0.4) is 0 Å². The zero-order valence-electron chi connectivity index (χ0n) is 17.6. The number of amides is 2. The lowest BCUT2D eigenvalue weighted by atomic mass is 10.0. The smallest absolute Gasteiger partial charge is 0.287 e. The monoisotopic (exact) mass is 413 g/mol. The van der Waals surface area contributed by atoms with Crippen LogP contribution < -0.4 is 10.6 Å². The van der Waals surface area contributed by atoms with Crippen LogP contribution in [0.1, 0.15) is 48.4 Å². The first-order chi connectivity index (χ1) is 14.4. The zero-order chi connectivity index (χ0) is 21.5.